The quantitative estimate of drug-likeness (QED) is 0.629. The van der Waals surface area contributed by atoms with Gasteiger partial charge in [0.2, 0.25) is 5.91 Å². The summed E-state index contributed by atoms with van der Waals surface area (Å²) in [6, 6.07) is 10.8. The van der Waals surface area contributed by atoms with Crippen LogP contribution in [0.25, 0.3) is 17.0 Å². The smallest absolute Gasteiger partial charge is 0.287 e. The Hall–Kier alpha value is -3.48. The van der Waals surface area contributed by atoms with Gasteiger partial charge in [-0.2, -0.15) is 0 Å². The molecule has 1 fully saturated rings. The highest BCUT2D eigenvalue weighted by molar-refractivity contribution is 5.97. The van der Waals surface area contributed by atoms with Crippen LogP contribution in [0.1, 0.15) is 29.2 Å². The van der Waals surface area contributed by atoms with Crippen molar-refractivity contribution < 1.29 is 23.2 Å². The average Bonchev–Trinajstić information content (AvgIpc) is 3.45. The highest BCUT2D eigenvalue weighted by Gasteiger charge is 2.23. The molecule has 0 atom stereocenters. The number of likely N-dealkylation sites (tertiary alicyclic amines) is 1. The van der Waals surface area contributed by atoms with Gasteiger partial charge in [0.1, 0.15) is 5.76 Å². The average molecular weight is 408 g/mol. The molecule has 7 heteroatoms. The molecule has 2 amide bonds. The van der Waals surface area contributed by atoms with Crippen molar-refractivity contribution in [3.8, 4) is 5.75 Å². The minimum Gasteiger partial charge on any atom is -0.493 e. The first-order valence-electron chi connectivity index (χ1n) is 9.99. The van der Waals surface area contributed by atoms with Crippen molar-refractivity contribution in [1.29, 1.82) is 0 Å². The number of rotatable bonds is 6. The van der Waals surface area contributed by atoms with Gasteiger partial charge in [0, 0.05) is 31.1 Å². The minimum atomic E-state index is -0.242. The van der Waals surface area contributed by atoms with Crippen molar-refractivity contribution in [2.45, 2.75) is 12.8 Å². The monoisotopic (exact) mass is 408 g/mol. The summed E-state index contributed by atoms with van der Waals surface area (Å²) in [5.41, 5.74) is 0.569. The van der Waals surface area contributed by atoms with E-state index in [1.165, 1.54) is 6.08 Å². The summed E-state index contributed by atoms with van der Waals surface area (Å²) in [6.45, 7) is 1.89. The molecule has 4 rings (SSSR count). The number of nitrogens with zero attached hydrogens (tertiary/aromatic N) is 1. The zero-order chi connectivity index (χ0) is 20.9. The van der Waals surface area contributed by atoms with Crippen LogP contribution in [0.5, 0.6) is 5.75 Å². The van der Waals surface area contributed by atoms with E-state index in [1.807, 2.05) is 17.0 Å². The molecule has 1 aromatic carbocycles. The lowest BCUT2D eigenvalue weighted by atomic mass is 9.96. The van der Waals surface area contributed by atoms with Crippen molar-refractivity contribution in [2.75, 3.05) is 26.7 Å². The molecule has 0 unspecified atom stereocenters. The van der Waals surface area contributed by atoms with Crippen molar-refractivity contribution in [3.63, 3.8) is 0 Å². The predicted molar refractivity (Wildman–Crippen MR) is 112 cm³/mol. The van der Waals surface area contributed by atoms with Gasteiger partial charge in [0.25, 0.3) is 5.91 Å². The molecule has 0 spiro atoms. The van der Waals surface area contributed by atoms with Gasteiger partial charge < -0.3 is 23.8 Å². The molecular weight excluding hydrogens is 384 g/mol. The van der Waals surface area contributed by atoms with Gasteiger partial charge >= 0.3 is 0 Å². The molecule has 0 saturated carbocycles. The SMILES string of the molecule is COc1cccc2cc(C(=O)NCC3CCN(C(=O)/C=C/c4ccco4)CC3)oc12. The number of carbonyl (C=O) groups excluding carboxylic acids is 2. The number of fused-ring (bicyclic) bond motifs is 1. The number of methoxy groups -OCH3 is 1. The van der Waals surface area contributed by atoms with Crippen LogP contribution in [0, 0.1) is 5.92 Å². The third kappa shape index (κ3) is 4.40. The Morgan fingerprint density at radius 3 is 2.80 bits per heavy atom. The molecule has 156 valence electrons. The first kappa shape index (κ1) is 19.8. The number of hydrogen-bond donors (Lipinski definition) is 1. The van der Waals surface area contributed by atoms with Crippen LogP contribution in [0.4, 0.5) is 0 Å². The molecule has 7 nitrogen and oxygen atoms in total. The lowest BCUT2D eigenvalue weighted by molar-refractivity contribution is -0.127. The first-order chi connectivity index (χ1) is 14.6. The Morgan fingerprint density at radius 2 is 2.07 bits per heavy atom. The fraction of sp³-hybridized carbons (Fsp3) is 0.304. The maximum absolute atomic E-state index is 12.5. The number of para-hydroxylation sites is 1. The summed E-state index contributed by atoms with van der Waals surface area (Å²) in [5, 5.41) is 3.78. The molecule has 2 aromatic heterocycles. The normalized spacial score (nSPS) is 15.0. The van der Waals surface area contributed by atoms with Crippen LogP contribution in [-0.4, -0.2) is 43.5 Å². The highest BCUT2D eigenvalue weighted by atomic mass is 16.5. The zero-order valence-electron chi connectivity index (χ0n) is 16.8. The fourth-order valence-electron chi connectivity index (χ4n) is 3.64. The van der Waals surface area contributed by atoms with E-state index in [-0.39, 0.29) is 17.6 Å². The Balaban J connectivity index is 1.26. The van der Waals surface area contributed by atoms with Gasteiger partial charge in [-0.25, -0.2) is 0 Å². The van der Waals surface area contributed by atoms with E-state index in [9.17, 15) is 9.59 Å². The maximum Gasteiger partial charge on any atom is 0.287 e. The van der Waals surface area contributed by atoms with Gasteiger partial charge in [0.05, 0.1) is 13.4 Å². The number of ether oxygens (including phenoxy) is 1. The zero-order valence-corrected chi connectivity index (χ0v) is 16.8. The molecule has 3 aromatic rings. The molecule has 1 N–H and O–H groups in total. The van der Waals surface area contributed by atoms with Crippen LogP contribution in [-0.2, 0) is 4.79 Å². The number of furan rings is 2. The van der Waals surface area contributed by atoms with E-state index in [1.54, 1.807) is 43.7 Å². The topological polar surface area (TPSA) is 84.9 Å². The minimum absolute atomic E-state index is 0.0230. The second-order valence-electron chi connectivity index (χ2n) is 7.32. The summed E-state index contributed by atoms with van der Waals surface area (Å²) in [5.74, 6) is 1.59. The Labute approximate surface area is 174 Å². The fourth-order valence-corrected chi connectivity index (χ4v) is 3.64. The number of nitrogens with one attached hydrogen (secondary N) is 1. The van der Waals surface area contributed by atoms with E-state index in [4.69, 9.17) is 13.6 Å². The van der Waals surface area contributed by atoms with Gasteiger partial charge in [-0.05, 0) is 49.1 Å². The van der Waals surface area contributed by atoms with E-state index in [0.717, 1.165) is 18.2 Å². The van der Waals surface area contributed by atoms with Crippen LogP contribution in [0.15, 0.2) is 57.6 Å². The van der Waals surface area contributed by atoms with Crippen molar-refractivity contribution in [1.82, 2.24) is 10.2 Å². The van der Waals surface area contributed by atoms with Gasteiger partial charge in [-0.3, -0.25) is 9.59 Å². The van der Waals surface area contributed by atoms with Crippen LogP contribution in [0.2, 0.25) is 0 Å². The van der Waals surface area contributed by atoms with Crippen LogP contribution in [0.3, 0.4) is 0 Å². The van der Waals surface area contributed by atoms with E-state index >= 15 is 0 Å². The number of benzene rings is 1. The van der Waals surface area contributed by atoms with Crippen LogP contribution < -0.4 is 10.1 Å². The Morgan fingerprint density at radius 1 is 1.23 bits per heavy atom. The molecule has 1 aliphatic rings. The first-order valence-corrected chi connectivity index (χ1v) is 9.99. The number of amides is 2. The lowest BCUT2D eigenvalue weighted by Crippen LogP contribution is -2.40. The van der Waals surface area contributed by atoms with Gasteiger partial charge in [0.15, 0.2) is 17.1 Å². The molecular formula is C23H24N2O5. The summed E-state index contributed by atoms with van der Waals surface area (Å²) in [7, 11) is 1.57. The third-order valence-electron chi connectivity index (χ3n) is 5.36. The van der Waals surface area contributed by atoms with Crippen LogP contribution >= 0.6 is 0 Å². The highest BCUT2D eigenvalue weighted by Crippen LogP contribution is 2.28. The molecule has 0 radical (unpaired) electrons. The summed E-state index contributed by atoms with van der Waals surface area (Å²) >= 11 is 0. The van der Waals surface area contributed by atoms with Gasteiger partial charge in [-0.1, -0.05) is 12.1 Å². The summed E-state index contributed by atoms with van der Waals surface area (Å²) in [6.07, 6.45) is 6.47. The molecule has 1 saturated heterocycles. The third-order valence-corrected chi connectivity index (χ3v) is 5.36. The summed E-state index contributed by atoms with van der Waals surface area (Å²) < 4.78 is 16.2. The second-order valence-corrected chi connectivity index (χ2v) is 7.32. The van der Waals surface area contributed by atoms with E-state index in [2.05, 4.69) is 5.32 Å². The molecule has 3 heterocycles. The molecule has 0 aliphatic carbocycles. The number of hydrogen-bond acceptors (Lipinski definition) is 5. The molecule has 0 bridgehead atoms. The Kier molecular flexibility index (Phi) is 5.88. The largest absolute Gasteiger partial charge is 0.493 e. The maximum atomic E-state index is 12.5. The number of piperidine rings is 1. The summed E-state index contributed by atoms with van der Waals surface area (Å²) in [4.78, 5) is 26.6. The molecule has 1 aliphatic heterocycles. The number of carbonyl (C=O) groups is 2. The standard InChI is InChI=1S/C23H24N2O5/c1-28-19-6-2-4-17-14-20(30-22(17)19)23(27)24-15-16-9-11-25(12-10-16)21(26)8-7-18-5-3-13-29-18/h2-8,13-14,16H,9-12,15H2,1H3,(H,24,27)/b8-7+. The lowest BCUT2D eigenvalue weighted by Gasteiger charge is -2.31. The predicted octanol–water partition coefficient (Wildman–Crippen LogP) is 3.72. The second kappa shape index (κ2) is 8.90. The van der Waals surface area contributed by atoms with E-state index in [0.29, 0.717) is 42.6 Å². The Bertz CT molecular complexity index is 1040. The van der Waals surface area contributed by atoms with Crippen molar-refractivity contribution in [2.24, 2.45) is 5.92 Å². The van der Waals surface area contributed by atoms with E-state index < -0.39 is 0 Å². The van der Waals surface area contributed by atoms with Gasteiger partial charge in [-0.15, -0.1) is 0 Å². The van der Waals surface area contributed by atoms with Crippen molar-refractivity contribution >= 4 is 28.9 Å². The molecule has 30 heavy (non-hydrogen) atoms. The van der Waals surface area contributed by atoms with Crippen molar-refractivity contribution in [3.05, 3.63) is 60.3 Å².